The zero-order valence-corrected chi connectivity index (χ0v) is 11.7. The van der Waals surface area contributed by atoms with Crippen LogP contribution in [0.4, 0.5) is 8.78 Å². The molecule has 0 atom stereocenters. The first-order valence-electron chi connectivity index (χ1n) is 6.44. The monoisotopic (exact) mass is 315 g/mol. The molecule has 3 N–H and O–H groups in total. The number of nitrogens with one attached hydrogen (secondary N) is 3. The van der Waals surface area contributed by atoms with Crippen molar-refractivity contribution in [2.75, 3.05) is 0 Å². The number of nitrogens with zero attached hydrogens (tertiary/aromatic N) is 2. The van der Waals surface area contributed by atoms with E-state index < -0.39 is 17.2 Å². The van der Waals surface area contributed by atoms with E-state index in [0.717, 1.165) is 6.08 Å². The molecule has 0 aliphatic heterocycles. The number of H-pyrrole nitrogens is 1. The number of aromatic nitrogens is 2. The maximum atomic E-state index is 13.5. The lowest BCUT2D eigenvalue weighted by Crippen LogP contribution is -2.19. The molecule has 116 valence electrons. The second-order valence-corrected chi connectivity index (χ2v) is 4.44. The number of halogens is 2. The average Bonchev–Trinajstić information content (AvgIpc) is 2.55. The molecule has 0 fully saturated rings. The molecule has 2 rings (SSSR count). The zero-order valence-electron chi connectivity index (χ0n) is 11.7. The van der Waals surface area contributed by atoms with Gasteiger partial charge < -0.3 is 10.3 Å². The molecule has 0 aliphatic rings. The van der Waals surface area contributed by atoms with Crippen molar-refractivity contribution in [3.8, 4) is 6.07 Å². The quantitative estimate of drug-likeness (QED) is 0.576. The smallest absolute Gasteiger partial charge is 0.287 e. The maximum Gasteiger partial charge on any atom is 0.287 e. The Hall–Kier alpha value is -3.34. The van der Waals surface area contributed by atoms with Gasteiger partial charge in [0.25, 0.3) is 5.56 Å². The van der Waals surface area contributed by atoms with Crippen LogP contribution in [0.5, 0.6) is 0 Å². The van der Waals surface area contributed by atoms with Crippen molar-refractivity contribution in [2.24, 2.45) is 0 Å². The Morgan fingerprint density at radius 1 is 1.39 bits per heavy atom. The Balaban J connectivity index is 2.13. The fourth-order valence-electron chi connectivity index (χ4n) is 1.68. The second kappa shape index (κ2) is 7.09. The largest absolute Gasteiger partial charge is 0.372 e. The van der Waals surface area contributed by atoms with Gasteiger partial charge in [-0.25, -0.2) is 9.37 Å². The molecular weight excluding hydrogens is 304 g/mol. The van der Waals surface area contributed by atoms with Crippen LogP contribution in [-0.4, -0.2) is 15.7 Å². The van der Waals surface area contributed by atoms with Gasteiger partial charge in [0.1, 0.15) is 17.6 Å². The molecule has 6 nitrogen and oxygen atoms in total. The molecule has 2 aromatic rings. The van der Waals surface area contributed by atoms with Crippen LogP contribution in [0, 0.1) is 28.4 Å². The Bertz CT molecular complexity index is 867. The molecule has 0 radical (unpaired) electrons. The molecule has 0 saturated carbocycles. The van der Waals surface area contributed by atoms with Crippen LogP contribution in [0.2, 0.25) is 0 Å². The third-order valence-electron chi connectivity index (χ3n) is 2.85. The van der Waals surface area contributed by atoms with Crippen LogP contribution in [0.1, 0.15) is 11.4 Å². The standard InChI is InChI=1S/C15H11F2N5O/c16-11-4-2-1-3-9(11)7-20-10(6-18)5-13(19)14-21-8-12(17)15(23)22-14/h1-5,8,19-20H,7H2,(H,21,22,23)/b10-5-,19-13?. The molecule has 0 unspecified atom stereocenters. The first kappa shape index (κ1) is 16.0. The molecule has 0 amide bonds. The summed E-state index contributed by atoms with van der Waals surface area (Å²) in [5, 5.41) is 19.5. The molecule has 0 saturated heterocycles. The summed E-state index contributed by atoms with van der Waals surface area (Å²) in [4.78, 5) is 16.8. The lowest BCUT2D eigenvalue weighted by atomic mass is 10.2. The summed E-state index contributed by atoms with van der Waals surface area (Å²) in [6.07, 6.45) is 1.80. The van der Waals surface area contributed by atoms with Gasteiger partial charge in [0.05, 0.1) is 11.9 Å². The Morgan fingerprint density at radius 2 is 2.13 bits per heavy atom. The zero-order chi connectivity index (χ0) is 16.8. The second-order valence-electron chi connectivity index (χ2n) is 4.44. The van der Waals surface area contributed by atoms with E-state index in [9.17, 15) is 13.6 Å². The van der Waals surface area contributed by atoms with Crippen molar-refractivity contribution in [1.29, 1.82) is 10.7 Å². The lowest BCUT2D eigenvalue weighted by Gasteiger charge is -2.06. The topological polar surface area (TPSA) is 105 Å². The summed E-state index contributed by atoms with van der Waals surface area (Å²) >= 11 is 0. The first-order chi connectivity index (χ1) is 11.0. The summed E-state index contributed by atoms with van der Waals surface area (Å²) in [6, 6.07) is 7.87. The number of hydrogen-bond acceptors (Lipinski definition) is 5. The maximum absolute atomic E-state index is 13.5. The van der Waals surface area contributed by atoms with E-state index in [4.69, 9.17) is 10.7 Å². The number of hydrogen-bond donors (Lipinski definition) is 3. The highest BCUT2D eigenvalue weighted by atomic mass is 19.1. The van der Waals surface area contributed by atoms with Gasteiger partial charge in [-0.3, -0.25) is 10.2 Å². The third kappa shape index (κ3) is 4.07. The molecule has 1 aromatic carbocycles. The Kier molecular flexibility index (Phi) is 4.94. The van der Waals surface area contributed by atoms with Gasteiger partial charge >= 0.3 is 0 Å². The minimum atomic E-state index is -1.07. The number of aromatic amines is 1. The van der Waals surface area contributed by atoms with E-state index in [2.05, 4.69) is 15.3 Å². The summed E-state index contributed by atoms with van der Waals surface area (Å²) in [5.74, 6) is -1.67. The van der Waals surface area contributed by atoms with Crippen molar-refractivity contribution < 1.29 is 8.78 Å². The van der Waals surface area contributed by atoms with E-state index in [-0.39, 0.29) is 23.8 Å². The predicted molar refractivity (Wildman–Crippen MR) is 78.6 cm³/mol. The predicted octanol–water partition coefficient (Wildman–Crippen LogP) is 1.61. The highest BCUT2D eigenvalue weighted by Gasteiger charge is 2.07. The minimum absolute atomic E-state index is 0.0229. The molecule has 1 aromatic heterocycles. The van der Waals surface area contributed by atoms with Crippen LogP contribution >= 0.6 is 0 Å². The van der Waals surface area contributed by atoms with Gasteiger partial charge in [-0.2, -0.15) is 9.65 Å². The Labute approximate surface area is 129 Å². The molecule has 8 heteroatoms. The van der Waals surface area contributed by atoms with E-state index in [1.54, 1.807) is 18.2 Å². The van der Waals surface area contributed by atoms with Crippen LogP contribution in [0.25, 0.3) is 0 Å². The van der Waals surface area contributed by atoms with Gasteiger partial charge in [-0.05, 0) is 6.07 Å². The highest BCUT2D eigenvalue weighted by molar-refractivity contribution is 6.04. The van der Waals surface area contributed by atoms with Crippen molar-refractivity contribution in [3.05, 3.63) is 75.6 Å². The summed E-state index contributed by atoms with van der Waals surface area (Å²) in [6.45, 7) is 0.0483. The van der Waals surface area contributed by atoms with Gasteiger partial charge in [0.2, 0.25) is 5.82 Å². The molecule has 0 aliphatic carbocycles. The van der Waals surface area contributed by atoms with Gasteiger partial charge in [0.15, 0.2) is 5.82 Å². The number of allylic oxidation sites excluding steroid dienone is 2. The fourth-order valence-corrected chi connectivity index (χ4v) is 1.68. The van der Waals surface area contributed by atoms with Crippen LogP contribution in [0.3, 0.4) is 0 Å². The Morgan fingerprint density at radius 3 is 2.78 bits per heavy atom. The van der Waals surface area contributed by atoms with Crippen molar-refractivity contribution >= 4 is 5.71 Å². The van der Waals surface area contributed by atoms with Crippen molar-refractivity contribution in [3.63, 3.8) is 0 Å². The number of benzene rings is 1. The molecule has 23 heavy (non-hydrogen) atoms. The highest BCUT2D eigenvalue weighted by Crippen LogP contribution is 2.06. The van der Waals surface area contributed by atoms with Crippen LogP contribution < -0.4 is 10.9 Å². The number of rotatable bonds is 5. The first-order valence-corrected chi connectivity index (χ1v) is 6.44. The van der Waals surface area contributed by atoms with Crippen LogP contribution in [-0.2, 0) is 6.54 Å². The lowest BCUT2D eigenvalue weighted by molar-refractivity contribution is 0.599. The normalized spacial score (nSPS) is 10.9. The van der Waals surface area contributed by atoms with E-state index >= 15 is 0 Å². The molecular formula is C15H11F2N5O. The number of nitriles is 1. The minimum Gasteiger partial charge on any atom is -0.372 e. The molecule has 0 spiro atoms. The SMILES string of the molecule is N#C/C(=C/C(=N)c1ncc(F)c(=O)[nH]1)NCc1ccccc1F. The van der Waals surface area contributed by atoms with Gasteiger partial charge in [-0.15, -0.1) is 0 Å². The van der Waals surface area contributed by atoms with E-state index in [1.165, 1.54) is 6.07 Å². The average molecular weight is 315 g/mol. The fraction of sp³-hybridized carbons (Fsp3) is 0.0667. The molecule has 1 heterocycles. The molecule has 0 bridgehead atoms. The van der Waals surface area contributed by atoms with Gasteiger partial charge in [-0.1, -0.05) is 18.2 Å². The summed E-state index contributed by atoms with van der Waals surface area (Å²) < 4.78 is 26.3. The van der Waals surface area contributed by atoms with Crippen molar-refractivity contribution in [2.45, 2.75) is 6.54 Å². The van der Waals surface area contributed by atoms with Gasteiger partial charge in [0, 0.05) is 18.2 Å². The summed E-state index contributed by atoms with van der Waals surface area (Å²) in [5.41, 5.74) is -0.968. The third-order valence-corrected chi connectivity index (χ3v) is 2.85. The van der Waals surface area contributed by atoms with Crippen LogP contribution in [0.15, 0.2) is 47.0 Å². The van der Waals surface area contributed by atoms with E-state index in [1.807, 2.05) is 6.07 Å². The van der Waals surface area contributed by atoms with Crippen molar-refractivity contribution in [1.82, 2.24) is 15.3 Å². The van der Waals surface area contributed by atoms with E-state index in [0.29, 0.717) is 11.8 Å². The summed E-state index contributed by atoms with van der Waals surface area (Å²) in [7, 11) is 0.